The monoisotopic (exact) mass is 403 g/mol. The lowest BCUT2D eigenvalue weighted by Gasteiger charge is -2.18. The Morgan fingerprint density at radius 2 is 2.07 bits per heavy atom. The van der Waals surface area contributed by atoms with Gasteiger partial charge in [-0.15, -0.1) is 12.4 Å². The number of hydrogen-bond donors (Lipinski definition) is 1. The van der Waals surface area contributed by atoms with Crippen molar-refractivity contribution in [2.24, 2.45) is 5.92 Å². The van der Waals surface area contributed by atoms with E-state index in [0.717, 1.165) is 13.0 Å². The maximum atomic E-state index is 12.8. The van der Waals surface area contributed by atoms with E-state index in [1.54, 1.807) is 4.90 Å². The predicted molar refractivity (Wildman–Crippen MR) is 102 cm³/mol. The Labute approximate surface area is 164 Å². The van der Waals surface area contributed by atoms with Crippen LogP contribution in [0.25, 0.3) is 0 Å². The van der Waals surface area contributed by atoms with E-state index in [0.29, 0.717) is 25.6 Å². The molecule has 10 heteroatoms. The summed E-state index contributed by atoms with van der Waals surface area (Å²) in [6.07, 6.45) is 0.871. The number of amides is 1. The first-order valence-electron chi connectivity index (χ1n) is 8.43. The molecule has 1 unspecified atom stereocenters. The Morgan fingerprint density at radius 3 is 2.67 bits per heavy atom. The van der Waals surface area contributed by atoms with E-state index in [9.17, 15) is 14.9 Å². The van der Waals surface area contributed by atoms with Crippen molar-refractivity contribution in [1.82, 2.24) is 10.2 Å². The maximum absolute atomic E-state index is 12.8. The lowest BCUT2D eigenvalue weighted by molar-refractivity contribution is -0.385. The van der Waals surface area contributed by atoms with E-state index < -0.39 is 4.92 Å². The van der Waals surface area contributed by atoms with E-state index in [-0.39, 0.29) is 47.7 Å². The zero-order valence-corrected chi connectivity index (χ0v) is 16.5. The van der Waals surface area contributed by atoms with E-state index in [1.807, 2.05) is 7.05 Å². The molecule has 1 heterocycles. The van der Waals surface area contributed by atoms with Crippen molar-refractivity contribution in [2.75, 3.05) is 54.1 Å². The Balaban J connectivity index is 0.00000364. The molecule has 2 rings (SSSR count). The van der Waals surface area contributed by atoms with Gasteiger partial charge in [-0.1, -0.05) is 0 Å². The van der Waals surface area contributed by atoms with E-state index in [2.05, 4.69) is 5.32 Å². The van der Waals surface area contributed by atoms with Gasteiger partial charge in [-0.2, -0.15) is 0 Å². The van der Waals surface area contributed by atoms with E-state index >= 15 is 0 Å². The SMILES string of the molecule is CNCC1CCN(C(=O)c2cc(OC)c(OCCOC)cc2[N+](=O)[O-])C1.Cl. The van der Waals surface area contributed by atoms with Gasteiger partial charge in [-0.05, 0) is 25.9 Å². The Kier molecular flexibility index (Phi) is 9.27. The van der Waals surface area contributed by atoms with Crippen LogP contribution < -0.4 is 14.8 Å². The Hall–Kier alpha value is -2.10. The van der Waals surface area contributed by atoms with Crippen molar-refractivity contribution in [2.45, 2.75) is 6.42 Å². The minimum Gasteiger partial charge on any atom is -0.493 e. The highest BCUT2D eigenvalue weighted by atomic mass is 35.5. The second-order valence-corrected chi connectivity index (χ2v) is 6.08. The fourth-order valence-electron chi connectivity index (χ4n) is 3.02. The van der Waals surface area contributed by atoms with Crippen molar-refractivity contribution >= 4 is 24.0 Å². The molecule has 1 aromatic carbocycles. The van der Waals surface area contributed by atoms with Gasteiger partial charge >= 0.3 is 0 Å². The summed E-state index contributed by atoms with van der Waals surface area (Å²) in [5.74, 6) is 0.474. The van der Waals surface area contributed by atoms with E-state index in [4.69, 9.17) is 14.2 Å². The summed E-state index contributed by atoms with van der Waals surface area (Å²) in [4.78, 5) is 25.4. The highest BCUT2D eigenvalue weighted by Gasteiger charge is 2.32. The predicted octanol–water partition coefficient (Wildman–Crippen LogP) is 1.73. The molecule has 1 aliphatic rings. The van der Waals surface area contributed by atoms with Gasteiger partial charge in [0.05, 0.1) is 24.7 Å². The van der Waals surface area contributed by atoms with Crippen molar-refractivity contribution in [3.63, 3.8) is 0 Å². The van der Waals surface area contributed by atoms with Crippen LogP contribution in [0, 0.1) is 16.0 Å². The second kappa shape index (κ2) is 10.9. The van der Waals surface area contributed by atoms with Gasteiger partial charge < -0.3 is 24.4 Å². The van der Waals surface area contributed by atoms with Crippen LogP contribution >= 0.6 is 12.4 Å². The third-order valence-electron chi connectivity index (χ3n) is 4.32. The normalized spacial score (nSPS) is 16.0. The average molecular weight is 404 g/mol. The first-order chi connectivity index (χ1) is 12.5. The van der Waals surface area contributed by atoms with Crippen LogP contribution in [0.15, 0.2) is 12.1 Å². The molecule has 1 N–H and O–H groups in total. The molecular formula is C17H26ClN3O6. The summed E-state index contributed by atoms with van der Waals surface area (Å²) in [6, 6.07) is 2.62. The molecule has 1 fully saturated rings. The number of hydrogen-bond acceptors (Lipinski definition) is 7. The molecule has 1 aromatic rings. The molecule has 27 heavy (non-hydrogen) atoms. The van der Waals surface area contributed by atoms with Crippen LogP contribution in [0.2, 0.25) is 0 Å². The van der Waals surface area contributed by atoms with Crippen LogP contribution in [0.3, 0.4) is 0 Å². The number of methoxy groups -OCH3 is 2. The molecule has 0 saturated carbocycles. The first-order valence-corrected chi connectivity index (χ1v) is 8.43. The highest BCUT2D eigenvalue weighted by Crippen LogP contribution is 2.36. The lowest BCUT2D eigenvalue weighted by Crippen LogP contribution is -2.30. The average Bonchev–Trinajstić information content (AvgIpc) is 3.09. The number of carbonyl (C=O) groups excluding carboxylic acids is 1. The lowest BCUT2D eigenvalue weighted by atomic mass is 10.1. The minimum atomic E-state index is -0.572. The Morgan fingerprint density at radius 1 is 1.33 bits per heavy atom. The number of rotatable bonds is 9. The number of nitro groups is 1. The summed E-state index contributed by atoms with van der Waals surface area (Å²) in [5, 5.41) is 14.6. The fraction of sp³-hybridized carbons (Fsp3) is 0.588. The number of halogens is 1. The zero-order chi connectivity index (χ0) is 19.1. The first kappa shape index (κ1) is 22.9. The van der Waals surface area contributed by atoms with Gasteiger partial charge in [0, 0.05) is 26.3 Å². The van der Waals surface area contributed by atoms with Gasteiger partial charge in [0.15, 0.2) is 11.5 Å². The molecule has 0 aliphatic carbocycles. The topological polar surface area (TPSA) is 103 Å². The van der Waals surface area contributed by atoms with Crippen LogP contribution in [0.4, 0.5) is 5.69 Å². The van der Waals surface area contributed by atoms with Gasteiger partial charge in [-0.3, -0.25) is 14.9 Å². The summed E-state index contributed by atoms with van der Waals surface area (Å²) < 4.78 is 15.6. The zero-order valence-electron chi connectivity index (χ0n) is 15.7. The third-order valence-corrected chi connectivity index (χ3v) is 4.32. The van der Waals surface area contributed by atoms with Crippen LogP contribution in [0.5, 0.6) is 11.5 Å². The standard InChI is InChI=1S/C17H25N3O6.ClH/c1-18-10-12-4-5-19(11-12)17(21)13-8-15(25-3)16(26-7-6-24-2)9-14(13)20(22)23;/h8-9,12,18H,4-7,10-11H2,1-3H3;1H. The highest BCUT2D eigenvalue weighted by molar-refractivity contribution is 5.99. The fourth-order valence-corrected chi connectivity index (χ4v) is 3.02. The van der Waals surface area contributed by atoms with Crippen molar-refractivity contribution in [3.05, 3.63) is 27.8 Å². The number of nitro benzene ring substituents is 1. The molecule has 152 valence electrons. The van der Waals surface area contributed by atoms with Crippen LogP contribution in [-0.2, 0) is 4.74 Å². The number of likely N-dealkylation sites (tertiary alicyclic amines) is 1. The molecule has 1 saturated heterocycles. The van der Waals surface area contributed by atoms with Gasteiger partial charge in [0.25, 0.3) is 11.6 Å². The molecule has 9 nitrogen and oxygen atoms in total. The molecule has 1 amide bonds. The van der Waals surface area contributed by atoms with Crippen LogP contribution in [-0.4, -0.2) is 69.8 Å². The molecule has 0 aromatic heterocycles. The minimum absolute atomic E-state index is 0. The number of benzene rings is 1. The summed E-state index contributed by atoms with van der Waals surface area (Å²) >= 11 is 0. The second-order valence-electron chi connectivity index (χ2n) is 6.08. The van der Waals surface area contributed by atoms with Crippen molar-refractivity contribution in [3.8, 4) is 11.5 Å². The van der Waals surface area contributed by atoms with Gasteiger partial charge in [-0.25, -0.2) is 0 Å². The number of ether oxygens (including phenoxy) is 3. The quantitative estimate of drug-likeness (QED) is 0.380. The van der Waals surface area contributed by atoms with Crippen LogP contribution in [0.1, 0.15) is 16.8 Å². The number of nitrogens with zero attached hydrogens (tertiary/aromatic N) is 2. The number of carbonyl (C=O) groups is 1. The van der Waals surface area contributed by atoms with Crippen molar-refractivity contribution < 1.29 is 23.9 Å². The molecule has 0 radical (unpaired) electrons. The van der Waals surface area contributed by atoms with Crippen molar-refractivity contribution in [1.29, 1.82) is 0 Å². The summed E-state index contributed by atoms with van der Waals surface area (Å²) in [7, 11) is 4.82. The molecular weight excluding hydrogens is 378 g/mol. The Bertz CT molecular complexity index is 658. The largest absolute Gasteiger partial charge is 0.493 e. The summed E-state index contributed by atoms with van der Waals surface area (Å²) in [5.41, 5.74) is -0.281. The summed E-state index contributed by atoms with van der Waals surface area (Å²) in [6.45, 7) is 2.51. The molecule has 1 aliphatic heterocycles. The van der Waals surface area contributed by atoms with Gasteiger partial charge in [0.2, 0.25) is 0 Å². The van der Waals surface area contributed by atoms with E-state index in [1.165, 1.54) is 26.4 Å². The molecule has 0 bridgehead atoms. The van der Waals surface area contributed by atoms with Gasteiger partial charge in [0.1, 0.15) is 12.2 Å². The smallest absolute Gasteiger partial charge is 0.286 e. The number of nitrogens with one attached hydrogen (secondary N) is 1. The molecule has 0 spiro atoms. The maximum Gasteiger partial charge on any atom is 0.286 e. The molecule has 1 atom stereocenters. The third kappa shape index (κ3) is 5.69.